The zero-order valence-corrected chi connectivity index (χ0v) is 11.6. The molecule has 3 heteroatoms. The monoisotopic (exact) mass is 261 g/mol. The minimum atomic E-state index is -0.322. The maximum Gasteiger partial charge on any atom is 0.123 e. The van der Waals surface area contributed by atoms with Crippen LogP contribution < -0.4 is 0 Å². The Morgan fingerprint density at radius 2 is 1.95 bits per heavy atom. The predicted molar refractivity (Wildman–Crippen MR) is 76.4 cm³/mol. The van der Waals surface area contributed by atoms with Crippen molar-refractivity contribution >= 4 is 11.9 Å². The number of hydrogen-bond acceptors (Lipinski definition) is 2. The van der Waals surface area contributed by atoms with Gasteiger partial charge in [0.25, 0.3) is 0 Å². The van der Waals surface area contributed by atoms with Gasteiger partial charge in [-0.15, -0.1) is 0 Å². The minimum Gasteiger partial charge on any atom is -0.395 e. The number of benzene rings is 1. The Hall–Kier alpha value is -1.48. The average molecular weight is 261 g/mol. The van der Waals surface area contributed by atoms with Gasteiger partial charge in [-0.2, -0.15) is 0 Å². The van der Waals surface area contributed by atoms with Crippen LogP contribution in [0.4, 0.5) is 4.39 Å². The first-order valence-corrected chi connectivity index (χ1v) is 6.60. The summed E-state index contributed by atoms with van der Waals surface area (Å²) >= 11 is 0. The second kappa shape index (κ2) is 5.25. The highest BCUT2D eigenvalue weighted by Gasteiger charge is 2.35. The second-order valence-electron chi connectivity index (χ2n) is 5.75. The average Bonchev–Trinajstić information content (AvgIpc) is 2.40. The Kier molecular flexibility index (Phi) is 3.85. The lowest BCUT2D eigenvalue weighted by atomic mass is 9.71. The van der Waals surface area contributed by atoms with Gasteiger partial charge in [0.2, 0.25) is 0 Å². The Morgan fingerprint density at radius 3 is 2.47 bits per heavy atom. The van der Waals surface area contributed by atoms with Crippen molar-refractivity contribution in [2.75, 3.05) is 6.61 Å². The maximum atomic E-state index is 12.9. The first-order valence-electron chi connectivity index (χ1n) is 6.60. The van der Waals surface area contributed by atoms with Crippen LogP contribution in [0.15, 0.2) is 35.3 Å². The summed E-state index contributed by atoms with van der Waals surface area (Å²) in [7, 11) is 0. The van der Waals surface area contributed by atoms with Crippen LogP contribution in [-0.2, 0) is 0 Å². The lowest BCUT2D eigenvalue weighted by Crippen LogP contribution is -2.36. The zero-order chi connectivity index (χ0) is 14.0. The fraction of sp³-hybridized carbons (Fsp3) is 0.438. The molecule has 102 valence electrons. The molecule has 0 spiro atoms. The topological polar surface area (TPSA) is 32.6 Å². The van der Waals surface area contributed by atoms with Crippen LogP contribution in [-0.4, -0.2) is 17.9 Å². The normalized spacial score (nSPS) is 26.6. The lowest BCUT2D eigenvalue weighted by Gasteiger charge is -2.36. The van der Waals surface area contributed by atoms with Crippen LogP contribution in [0.2, 0.25) is 0 Å². The van der Waals surface area contributed by atoms with Crippen molar-refractivity contribution in [3.05, 3.63) is 41.7 Å². The highest BCUT2D eigenvalue weighted by atomic mass is 19.1. The summed E-state index contributed by atoms with van der Waals surface area (Å²) in [4.78, 5) is 4.44. The number of aliphatic imine (C=N–C) groups is 1. The third-order valence-electron chi connectivity index (χ3n) is 3.80. The summed E-state index contributed by atoms with van der Waals surface area (Å²) in [6.07, 6.45) is 3.92. The molecule has 0 aliphatic carbocycles. The van der Waals surface area contributed by atoms with Gasteiger partial charge in [0.1, 0.15) is 5.82 Å². The van der Waals surface area contributed by atoms with Crippen LogP contribution in [0.3, 0.4) is 0 Å². The highest BCUT2D eigenvalue weighted by molar-refractivity contribution is 5.80. The molecule has 1 aliphatic rings. The predicted octanol–water partition coefficient (Wildman–Crippen LogP) is 3.52. The SMILES string of the molecule is CC(C)C1C=C(c2ccc(F)cc2)N=CC1(C)CO. The van der Waals surface area contributed by atoms with Gasteiger partial charge < -0.3 is 5.11 Å². The molecule has 2 unspecified atom stereocenters. The number of halogens is 1. The molecule has 0 bridgehead atoms. The number of aliphatic hydroxyl groups excluding tert-OH is 1. The van der Waals surface area contributed by atoms with Gasteiger partial charge >= 0.3 is 0 Å². The first kappa shape index (κ1) is 13.9. The van der Waals surface area contributed by atoms with Gasteiger partial charge in [-0.25, -0.2) is 4.39 Å². The van der Waals surface area contributed by atoms with Crippen molar-refractivity contribution in [2.24, 2.45) is 22.2 Å². The van der Waals surface area contributed by atoms with E-state index in [1.807, 2.05) is 13.1 Å². The van der Waals surface area contributed by atoms with E-state index in [4.69, 9.17) is 0 Å². The molecular formula is C16H20FNO. The molecule has 1 aliphatic heterocycles. The fourth-order valence-corrected chi connectivity index (χ4v) is 2.60. The number of aliphatic hydroxyl groups is 1. The summed E-state index contributed by atoms with van der Waals surface area (Å²) in [5.74, 6) is 0.374. The number of nitrogens with zero attached hydrogens (tertiary/aromatic N) is 1. The third kappa shape index (κ3) is 2.76. The molecular weight excluding hydrogens is 241 g/mol. The Balaban J connectivity index is 2.36. The molecule has 0 fully saturated rings. The molecule has 0 amide bonds. The summed E-state index contributed by atoms with van der Waals surface area (Å²) in [5, 5.41) is 9.59. The molecule has 2 nitrogen and oxygen atoms in total. The van der Waals surface area contributed by atoms with E-state index in [0.29, 0.717) is 5.92 Å². The molecule has 1 N–H and O–H groups in total. The molecule has 1 aromatic rings. The van der Waals surface area contributed by atoms with Crippen LogP contribution in [0.5, 0.6) is 0 Å². The summed E-state index contributed by atoms with van der Waals surface area (Å²) < 4.78 is 12.9. The summed E-state index contributed by atoms with van der Waals surface area (Å²) in [6, 6.07) is 6.35. The lowest BCUT2D eigenvalue weighted by molar-refractivity contribution is 0.142. The standard InChI is InChI=1S/C16H20FNO/c1-11(2)14-8-15(18-9-16(14,3)10-19)12-4-6-13(17)7-5-12/h4-9,11,14,19H,10H2,1-3H3. The Bertz CT molecular complexity index is 504. The molecule has 0 radical (unpaired) electrons. The van der Waals surface area contributed by atoms with Gasteiger partial charge in [-0.05, 0) is 41.7 Å². The molecule has 0 saturated carbocycles. The van der Waals surface area contributed by atoms with Crippen LogP contribution >= 0.6 is 0 Å². The minimum absolute atomic E-state index is 0.0759. The van der Waals surface area contributed by atoms with Crippen molar-refractivity contribution in [1.29, 1.82) is 0 Å². The van der Waals surface area contributed by atoms with Crippen molar-refractivity contribution in [1.82, 2.24) is 0 Å². The van der Waals surface area contributed by atoms with Gasteiger partial charge in [0.05, 0.1) is 12.3 Å². The van der Waals surface area contributed by atoms with E-state index in [1.54, 1.807) is 12.1 Å². The molecule has 0 aromatic heterocycles. The van der Waals surface area contributed by atoms with E-state index in [9.17, 15) is 9.50 Å². The van der Waals surface area contributed by atoms with Crippen LogP contribution in [0, 0.1) is 23.1 Å². The molecule has 2 rings (SSSR count). The highest BCUT2D eigenvalue weighted by Crippen LogP contribution is 2.38. The van der Waals surface area contributed by atoms with Crippen molar-refractivity contribution in [2.45, 2.75) is 20.8 Å². The van der Waals surface area contributed by atoms with E-state index in [2.05, 4.69) is 24.9 Å². The van der Waals surface area contributed by atoms with Gasteiger partial charge in [-0.3, -0.25) is 4.99 Å². The second-order valence-corrected chi connectivity index (χ2v) is 5.75. The largest absolute Gasteiger partial charge is 0.395 e. The Morgan fingerprint density at radius 1 is 1.32 bits per heavy atom. The summed E-state index contributed by atoms with van der Waals surface area (Å²) in [5.41, 5.74) is 1.44. The van der Waals surface area contributed by atoms with E-state index in [0.717, 1.165) is 11.3 Å². The number of hydrogen-bond donors (Lipinski definition) is 1. The first-order chi connectivity index (χ1) is 8.96. The fourth-order valence-electron chi connectivity index (χ4n) is 2.60. The quantitative estimate of drug-likeness (QED) is 0.887. The van der Waals surface area contributed by atoms with Crippen LogP contribution in [0.25, 0.3) is 5.70 Å². The van der Waals surface area contributed by atoms with E-state index in [1.165, 1.54) is 12.1 Å². The third-order valence-corrected chi connectivity index (χ3v) is 3.80. The Labute approximate surface area is 113 Å². The molecule has 1 aromatic carbocycles. The molecule has 2 atom stereocenters. The van der Waals surface area contributed by atoms with Crippen molar-refractivity contribution in [3.8, 4) is 0 Å². The van der Waals surface area contributed by atoms with E-state index < -0.39 is 0 Å². The van der Waals surface area contributed by atoms with Gasteiger partial charge in [-0.1, -0.05) is 26.8 Å². The van der Waals surface area contributed by atoms with Crippen LogP contribution in [0.1, 0.15) is 26.3 Å². The smallest absolute Gasteiger partial charge is 0.123 e. The van der Waals surface area contributed by atoms with Gasteiger partial charge in [0, 0.05) is 11.6 Å². The van der Waals surface area contributed by atoms with E-state index >= 15 is 0 Å². The number of allylic oxidation sites excluding steroid dienone is 1. The van der Waals surface area contributed by atoms with Crippen molar-refractivity contribution in [3.63, 3.8) is 0 Å². The summed E-state index contributed by atoms with van der Waals surface area (Å²) in [6.45, 7) is 6.36. The van der Waals surface area contributed by atoms with Crippen molar-refractivity contribution < 1.29 is 9.50 Å². The van der Waals surface area contributed by atoms with E-state index in [-0.39, 0.29) is 23.8 Å². The molecule has 0 saturated heterocycles. The zero-order valence-electron chi connectivity index (χ0n) is 11.6. The maximum absolute atomic E-state index is 12.9. The van der Waals surface area contributed by atoms with Gasteiger partial charge in [0.15, 0.2) is 0 Å². The number of rotatable bonds is 3. The molecule has 1 heterocycles. The molecule has 19 heavy (non-hydrogen) atoms.